The van der Waals surface area contributed by atoms with Crippen LogP contribution in [0.15, 0.2) is 36.4 Å². The lowest BCUT2D eigenvalue weighted by Crippen LogP contribution is -2.34. The Morgan fingerprint density at radius 2 is 1.87 bits per heavy atom. The summed E-state index contributed by atoms with van der Waals surface area (Å²) in [6.45, 7) is 9.19. The van der Waals surface area contributed by atoms with Crippen molar-refractivity contribution in [2.75, 3.05) is 19.6 Å². The molecule has 2 heterocycles. The summed E-state index contributed by atoms with van der Waals surface area (Å²) >= 11 is 6.14. The molecule has 39 heavy (non-hydrogen) atoms. The number of rotatable bonds is 8. The van der Waals surface area contributed by atoms with E-state index in [1.165, 1.54) is 0 Å². The fraction of sp³-hybridized carbons (Fsp3) is 0.448. The van der Waals surface area contributed by atoms with Gasteiger partial charge in [-0.15, -0.1) is 0 Å². The number of aromatic nitrogens is 2. The van der Waals surface area contributed by atoms with E-state index in [9.17, 15) is 14.4 Å². The van der Waals surface area contributed by atoms with Gasteiger partial charge in [-0.1, -0.05) is 11.6 Å². The lowest BCUT2D eigenvalue weighted by molar-refractivity contribution is 0.0525. The second-order valence-electron chi connectivity index (χ2n) is 10.9. The van der Waals surface area contributed by atoms with Crippen molar-refractivity contribution in [3.05, 3.63) is 63.9 Å². The quantitative estimate of drug-likeness (QED) is 0.317. The van der Waals surface area contributed by atoms with E-state index in [4.69, 9.17) is 16.3 Å². The number of amides is 3. The molecule has 1 aromatic heterocycles. The Balaban J connectivity index is 1.47. The zero-order valence-corrected chi connectivity index (χ0v) is 23.7. The van der Waals surface area contributed by atoms with Gasteiger partial charge < -0.3 is 25.3 Å². The first-order valence-electron chi connectivity index (χ1n) is 13.3. The zero-order chi connectivity index (χ0) is 28.2. The van der Waals surface area contributed by atoms with Gasteiger partial charge in [0.15, 0.2) is 0 Å². The van der Waals surface area contributed by atoms with Crippen molar-refractivity contribution in [1.29, 1.82) is 0 Å². The number of hydrogen-bond acceptors (Lipinski definition) is 5. The van der Waals surface area contributed by atoms with Crippen LogP contribution in [0.3, 0.4) is 0 Å². The Hall–Kier alpha value is -3.59. The number of halogens is 1. The largest absolute Gasteiger partial charge is 0.444 e. The van der Waals surface area contributed by atoms with Crippen LogP contribution in [0, 0.1) is 6.92 Å². The van der Waals surface area contributed by atoms with Crippen molar-refractivity contribution >= 4 is 40.5 Å². The van der Waals surface area contributed by atoms with Gasteiger partial charge in [-0.05, 0) is 95.3 Å². The standard InChI is InChI=1S/C29H36ClN5O4/c1-18-16-19(9-11-21(18)27(37)35-14-5-6-15-35)26(36)34-23(8-7-13-31-28(38)39-29(2,3)4)25-32-22-12-10-20(30)17-24(22)33-25/h9-12,16-17,23H,5-8,13-15H2,1-4H3,(H,31,38)(H,32,33)(H,34,36). The molecule has 0 bridgehead atoms. The minimum atomic E-state index is -0.580. The third-order valence-corrected chi connectivity index (χ3v) is 6.78. The maximum atomic E-state index is 13.3. The lowest BCUT2D eigenvalue weighted by Gasteiger charge is -2.20. The second kappa shape index (κ2) is 12.1. The van der Waals surface area contributed by atoms with Gasteiger partial charge in [-0.3, -0.25) is 9.59 Å². The molecule has 1 unspecified atom stereocenters. The number of fused-ring (bicyclic) bond motifs is 1. The summed E-state index contributed by atoms with van der Waals surface area (Å²) in [6, 6.07) is 10.1. The molecule has 1 fully saturated rings. The van der Waals surface area contributed by atoms with Crippen LogP contribution in [0.25, 0.3) is 11.0 Å². The third-order valence-electron chi connectivity index (χ3n) is 6.55. The van der Waals surface area contributed by atoms with Gasteiger partial charge in [0.05, 0.1) is 17.1 Å². The first-order valence-corrected chi connectivity index (χ1v) is 13.7. The number of benzene rings is 2. The number of likely N-dealkylation sites (tertiary alicyclic amines) is 1. The molecule has 3 aromatic rings. The molecule has 0 spiro atoms. The number of alkyl carbamates (subject to hydrolysis) is 1. The molecule has 1 atom stereocenters. The number of nitrogens with zero attached hydrogens (tertiary/aromatic N) is 2. The summed E-state index contributed by atoms with van der Waals surface area (Å²) in [5, 5.41) is 6.40. The molecule has 4 rings (SSSR count). The lowest BCUT2D eigenvalue weighted by atomic mass is 10.0. The monoisotopic (exact) mass is 553 g/mol. The summed E-state index contributed by atoms with van der Waals surface area (Å²) in [6.07, 6.45) is 2.65. The van der Waals surface area contributed by atoms with Crippen LogP contribution in [0.5, 0.6) is 0 Å². The molecule has 10 heteroatoms. The number of carbonyl (C=O) groups is 3. The number of hydrogen-bond donors (Lipinski definition) is 3. The molecule has 3 amide bonds. The highest BCUT2D eigenvalue weighted by Crippen LogP contribution is 2.24. The number of carbonyl (C=O) groups excluding carboxylic acids is 3. The number of aromatic amines is 1. The fourth-order valence-electron chi connectivity index (χ4n) is 4.63. The Morgan fingerprint density at radius 1 is 1.13 bits per heavy atom. The summed E-state index contributed by atoms with van der Waals surface area (Å²) in [7, 11) is 0. The average molecular weight is 554 g/mol. The average Bonchev–Trinajstić information content (AvgIpc) is 3.54. The van der Waals surface area contributed by atoms with Crippen LogP contribution in [0.2, 0.25) is 5.02 Å². The Kier molecular flexibility index (Phi) is 8.80. The molecule has 9 nitrogen and oxygen atoms in total. The van der Waals surface area contributed by atoms with Gasteiger partial charge in [0, 0.05) is 35.8 Å². The Morgan fingerprint density at radius 3 is 2.56 bits per heavy atom. The van der Waals surface area contributed by atoms with Crippen molar-refractivity contribution in [1.82, 2.24) is 25.5 Å². The van der Waals surface area contributed by atoms with E-state index in [0.29, 0.717) is 46.9 Å². The minimum absolute atomic E-state index is 0.00765. The van der Waals surface area contributed by atoms with E-state index >= 15 is 0 Å². The smallest absolute Gasteiger partial charge is 0.407 e. The molecule has 208 valence electrons. The summed E-state index contributed by atoms with van der Waals surface area (Å²) in [5.74, 6) is 0.325. The zero-order valence-electron chi connectivity index (χ0n) is 22.9. The number of ether oxygens (including phenoxy) is 1. The third kappa shape index (κ3) is 7.50. The van der Waals surface area contributed by atoms with Crippen molar-refractivity contribution in [3.63, 3.8) is 0 Å². The van der Waals surface area contributed by atoms with E-state index in [1.807, 2.05) is 38.7 Å². The maximum Gasteiger partial charge on any atom is 0.407 e. The van der Waals surface area contributed by atoms with Gasteiger partial charge >= 0.3 is 6.09 Å². The van der Waals surface area contributed by atoms with Gasteiger partial charge in [-0.25, -0.2) is 9.78 Å². The van der Waals surface area contributed by atoms with Crippen molar-refractivity contribution in [3.8, 4) is 0 Å². The van der Waals surface area contributed by atoms with Gasteiger partial charge in [0.2, 0.25) is 0 Å². The molecule has 1 aliphatic rings. The van der Waals surface area contributed by atoms with Crippen molar-refractivity contribution < 1.29 is 19.1 Å². The van der Waals surface area contributed by atoms with Crippen LogP contribution >= 0.6 is 11.6 Å². The minimum Gasteiger partial charge on any atom is -0.444 e. The van der Waals surface area contributed by atoms with Crippen LogP contribution in [-0.4, -0.2) is 58.0 Å². The molecule has 2 aromatic carbocycles. The van der Waals surface area contributed by atoms with E-state index in [0.717, 1.165) is 37.0 Å². The summed E-state index contributed by atoms with van der Waals surface area (Å²) in [4.78, 5) is 48.0. The molecular formula is C29H36ClN5O4. The number of nitrogens with one attached hydrogen (secondary N) is 3. The molecule has 3 N–H and O–H groups in total. The number of aryl methyl sites for hydroxylation is 1. The molecule has 1 saturated heterocycles. The first kappa shape index (κ1) is 28.4. The van der Waals surface area contributed by atoms with Crippen molar-refractivity contribution in [2.45, 2.75) is 65.0 Å². The SMILES string of the molecule is Cc1cc(C(=O)NC(CCCNC(=O)OC(C)(C)C)c2nc3cc(Cl)ccc3[nH]2)ccc1C(=O)N1CCCC1. The predicted molar refractivity (Wildman–Crippen MR) is 151 cm³/mol. The summed E-state index contributed by atoms with van der Waals surface area (Å²) < 4.78 is 5.30. The van der Waals surface area contributed by atoms with E-state index in [2.05, 4.69) is 20.6 Å². The van der Waals surface area contributed by atoms with Crippen LogP contribution < -0.4 is 10.6 Å². The van der Waals surface area contributed by atoms with Gasteiger partial charge in [-0.2, -0.15) is 0 Å². The number of H-pyrrole nitrogens is 1. The van der Waals surface area contributed by atoms with Crippen LogP contribution in [-0.2, 0) is 4.74 Å². The summed E-state index contributed by atoms with van der Waals surface area (Å²) in [5.41, 5.74) is 2.76. The topological polar surface area (TPSA) is 116 Å². The van der Waals surface area contributed by atoms with Gasteiger partial charge in [0.1, 0.15) is 11.4 Å². The highest BCUT2D eigenvalue weighted by molar-refractivity contribution is 6.31. The van der Waals surface area contributed by atoms with Crippen LogP contribution in [0.4, 0.5) is 4.79 Å². The second-order valence-corrected chi connectivity index (χ2v) is 11.3. The number of imidazole rings is 1. The molecular weight excluding hydrogens is 518 g/mol. The molecule has 0 saturated carbocycles. The van der Waals surface area contributed by atoms with Crippen LogP contribution in [0.1, 0.15) is 84.6 Å². The molecule has 0 aliphatic carbocycles. The predicted octanol–water partition coefficient (Wildman–Crippen LogP) is 5.54. The first-order chi connectivity index (χ1) is 18.5. The highest BCUT2D eigenvalue weighted by Gasteiger charge is 2.23. The van der Waals surface area contributed by atoms with Crippen molar-refractivity contribution in [2.24, 2.45) is 0 Å². The molecule has 0 radical (unpaired) electrons. The van der Waals surface area contributed by atoms with E-state index < -0.39 is 17.7 Å². The normalized spacial score (nSPS) is 14.3. The fourth-order valence-corrected chi connectivity index (χ4v) is 4.80. The van der Waals surface area contributed by atoms with E-state index in [-0.39, 0.29) is 11.8 Å². The van der Waals surface area contributed by atoms with Gasteiger partial charge in [0.25, 0.3) is 11.8 Å². The Bertz CT molecular complexity index is 1360. The maximum absolute atomic E-state index is 13.3. The molecule has 1 aliphatic heterocycles. The highest BCUT2D eigenvalue weighted by atomic mass is 35.5. The Labute approximate surface area is 233 Å². The van der Waals surface area contributed by atoms with E-state index in [1.54, 1.807) is 30.3 Å².